The zero-order chi connectivity index (χ0) is 9.97. The second-order valence-electron chi connectivity index (χ2n) is 3.50. The van der Waals surface area contributed by atoms with Gasteiger partial charge in [0, 0.05) is 18.0 Å². The third-order valence-electron chi connectivity index (χ3n) is 2.12. The van der Waals surface area contributed by atoms with Crippen molar-refractivity contribution in [3.8, 4) is 11.4 Å². The number of aromatic amines is 1. The van der Waals surface area contributed by atoms with Crippen LogP contribution in [0.25, 0.3) is 11.4 Å². The van der Waals surface area contributed by atoms with Crippen LogP contribution in [0.4, 0.5) is 0 Å². The van der Waals surface area contributed by atoms with Crippen LogP contribution in [0.1, 0.15) is 25.3 Å². The van der Waals surface area contributed by atoms with Crippen molar-refractivity contribution in [2.24, 2.45) is 0 Å². The van der Waals surface area contributed by atoms with Gasteiger partial charge in [0.25, 0.3) is 0 Å². The molecule has 0 saturated carbocycles. The lowest BCUT2D eigenvalue weighted by molar-refractivity contribution is 0.858. The van der Waals surface area contributed by atoms with Crippen molar-refractivity contribution in [1.29, 1.82) is 0 Å². The fourth-order valence-electron chi connectivity index (χ4n) is 1.25. The fourth-order valence-corrected chi connectivity index (χ4v) is 1.25. The highest BCUT2D eigenvalue weighted by Crippen LogP contribution is 2.19. The maximum absolute atomic E-state index is 4.17. The Labute approximate surface area is 82.4 Å². The highest BCUT2D eigenvalue weighted by molar-refractivity contribution is 5.53. The Morgan fingerprint density at radius 2 is 2.14 bits per heavy atom. The summed E-state index contributed by atoms with van der Waals surface area (Å²) in [7, 11) is 0. The van der Waals surface area contributed by atoms with Gasteiger partial charge in [-0.05, 0) is 17.5 Å². The lowest BCUT2D eigenvalue weighted by atomic mass is 10.0. The van der Waals surface area contributed by atoms with Gasteiger partial charge < -0.3 is 4.98 Å². The van der Waals surface area contributed by atoms with Gasteiger partial charge >= 0.3 is 0 Å². The minimum atomic E-state index is 0.477. The van der Waals surface area contributed by atoms with Crippen molar-refractivity contribution >= 4 is 0 Å². The molecule has 0 aromatic carbocycles. The SMILES string of the molecule is CC(C)c1cncc(-c2nnc[nH]2)c1. The Kier molecular flexibility index (Phi) is 2.26. The Bertz CT molecular complexity index is 406. The van der Waals surface area contributed by atoms with Crippen LogP contribution in [-0.2, 0) is 0 Å². The molecule has 0 amide bonds. The molecule has 0 aliphatic rings. The average molecular weight is 188 g/mol. The van der Waals surface area contributed by atoms with E-state index in [0.717, 1.165) is 11.4 Å². The molecule has 4 nitrogen and oxygen atoms in total. The lowest BCUT2D eigenvalue weighted by Gasteiger charge is -2.04. The van der Waals surface area contributed by atoms with Crippen LogP contribution in [0, 0.1) is 0 Å². The summed E-state index contributed by atoms with van der Waals surface area (Å²) in [5.41, 5.74) is 2.19. The van der Waals surface area contributed by atoms with Crippen molar-refractivity contribution in [2.45, 2.75) is 19.8 Å². The van der Waals surface area contributed by atoms with Crippen molar-refractivity contribution in [3.05, 3.63) is 30.4 Å². The number of aromatic nitrogens is 4. The topological polar surface area (TPSA) is 54.5 Å². The highest BCUT2D eigenvalue weighted by Gasteiger charge is 2.04. The van der Waals surface area contributed by atoms with Gasteiger partial charge in [-0.25, -0.2) is 0 Å². The number of pyridine rings is 1. The number of rotatable bonds is 2. The predicted octanol–water partition coefficient (Wildman–Crippen LogP) is 1.99. The first-order valence-electron chi connectivity index (χ1n) is 4.58. The Morgan fingerprint density at radius 3 is 2.79 bits per heavy atom. The number of nitrogens with one attached hydrogen (secondary N) is 1. The Hall–Kier alpha value is -1.71. The highest BCUT2D eigenvalue weighted by atomic mass is 15.2. The first-order valence-corrected chi connectivity index (χ1v) is 4.58. The second kappa shape index (κ2) is 3.57. The standard InChI is InChI=1S/C10H12N4/c1-7(2)8-3-9(5-11-4-8)10-12-6-13-14-10/h3-7H,1-2H3,(H,12,13,14). The molecule has 0 spiro atoms. The van der Waals surface area contributed by atoms with Crippen LogP contribution in [0.5, 0.6) is 0 Å². The minimum Gasteiger partial charge on any atom is -0.328 e. The van der Waals surface area contributed by atoms with Crippen molar-refractivity contribution in [3.63, 3.8) is 0 Å². The van der Waals surface area contributed by atoms with E-state index in [2.05, 4.69) is 40.1 Å². The molecular weight excluding hydrogens is 176 g/mol. The molecule has 2 heterocycles. The predicted molar refractivity (Wildman–Crippen MR) is 53.7 cm³/mol. The molecule has 2 aromatic rings. The summed E-state index contributed by atoms with van der Waals surface area (Å²) in [5, 5.41) is 7.68. The van der Waals surface area contributed by atoms with Gasteiger partial charge in [-0.2, -0.15) is 0 Å². The Balaban J connectivity index is 2.41. The smallest absolute Gasteiger partial charge is 0.162 e. The molecule has 0 unspecified atom stereocenters. The molecule has 0 atom stereocenters. The van der Waals surface area contributed by atoms with Gasteiger partial charge in [0.2, 0.25) is 0 Å². The van der Waals surface area contributed by atoms with E-state index in [9.17, 15) is 0 Å². The van der Waals surface area contributed by atoms with Crippen LogP contribution in [-0.4, -0.2) is 20.2 Å². The van der Waals surface area contributed by atoms with Crippen LogP contribution >= 0.6 is 0 Å². The van der Waals surface area contributed by atoms with Crippen molar-refractivity contribution < 1.29 is 0 Å². The number of nitrogens with zero attached hydrogens (tertiary/aromatic N) is 3. The third-order valence-corrected chi connectivity index (χ3v) is 2.12. The third kappa shape index (κ3) is 1.64. The van der Waals surface area contributed by atoms with Crippen molar-refractivity contribution in [1.82, 2.24) is 20.2 Å². The van der Waals surface area contributed by atoms with Gasteiger partial charge in [-0.3, -0.25) is 4.98 Å². The van der Waals surface area contributed by atoms with E-state index in [1.807, 2.05) is 6.20 Å². The molecule has 4 heteroatoms. The number of hydrogen-bond donors (Lipinski definition) is 1. The first kappa shape index (κ1) is 8.87. The largest absolute Gasteiger partial charge is 0.328 e. The maximum Gasteiger partial charge on any atom is 0.162 e. The van der Waals surface area contributed by atoms with E-state index in [4.69, 9.17) is 0 Å². The maximum atomic E-state index is 4.17. The van der Waals surface area contributed by atoms with Crippen LogP contribution in [0.15, 0.2) is 24.8 Å². The molecule has 72 valence electrons. The summed E-state index contributed by atoms with van der Waals surface area (Å²) in [4.78, 5) is 7.13. The quantitative estimate of drug-likeness (QED) is 0.784. The number of hydrogen-bond acceptors (Lipinski definition) is 3. The van der Waals surface area contributed by atoms with Crippen LogP contribution in [0.2, 0.25) is 0 Å². The molecule has 1 N–H and O–H groups in total. The fraction of sp³-hybridized carbons (Fsp3) is 0.300. The summed E-state index contributed by atoms with van der Waals surface area (Å²) in [6, 6.07) is 2.08. The summed E-state index contributed by atoms with van der Waals surface area (Å²) in [6.45, 7) is 4.28. The Morgan fingerprint density at radius 1 is 1.29 bits per heavy atom. The van der Waals surface area contributed by atoms with Crippen LogP contribution in [0.3, 0.4) is 0 Å². The second-order valence-corrected chi connectivity index (χ2v) is 3.50. The van der Waals surface area contributed by atoms with Gasteiger partial charge in [0.05, 0.1) is 0 Å². The summed E-state index contributed by atoms with van der Waals surface area (Å²) in [5.74, 6) is 1.24. The van der Waals surface area contributed by atoms with Crippen molar-refractivity contribution in [2.75, 3.05) is 0 Å². The molecule has 2 rings (SSSR count). The average Bonchev–Trinajstić information content (AvgIpc) is 2.71. The summed E-state index contributed by atoms with van der Waals surface area (Å²) >= 11 is 0. The monoisotopic (exact) mass is 188 g/mol. The summed E-state index contributed by atoms with van der Waals surface area (Å²) < 4.78 is 0. The normalized spacial score (nSPS) is 10.8. The molecule has 0 bridgehead atoms. The molecule has 0 fully saturated rings. The van der Waals surface area contributed by atoms with E-state index >= 15 is 0 Å². The molecule has 0 radical (unpaired) electrons. The molecule has 14 heavy (non-hydrogen) atoms. The summed E-state index contributed by atoms with van der Waals surface area (Å²) in [6.07, 6.45) is 5.23. The zero-order valence-corrected chi connectivity index (χ0v) is 8.23. The minimum absolute atomic E-state index is 0.477. The van der Waals surface area contributed by atoms with E-state index in [1.54, 1.807) is 12.5 Å². The van der Waals surface area contributed by atoms with E-state index in [1.165, 1.54) is 5.56 Å². The van der Waals surface area contributed by atoms with Gasteiger partial charge in [0.15, 0.2) is 5.82 Å². The van der Waals surface area contributed by atoms with Gasteiger partial charge in [0.1, 0.15) is 6.33 Å². The van der Waals surface area contributed by atoms with Gasteiger partial charge in [-0.15, -0.1) is 10.2 Å². The number of H-pyrrole nitrogens is 1. The molecule has 2 aromatic heterocycles. The van der Waals surface area contributed by atoms with Gasteiger partial charge in [-0.1, -0.05) is 13.8 Å². The molecule has 0 aliphatic heterocycles. The van der Waals surface area contributed by atoms with E-state index in [-0.39, 0.29) is 0 Å². The first-order chi connectivity index (χ1) is 6.77. The molecular formula is C10H12N4. The van der Waals surface area contributed by atoms with E-state index < -0.39 is 0 Å². The van der Waals surface area contributed by atoms with Crippen LogP contribution < -0.4 is 0 Å². The van der Waals surface area contributed by atoms with E-state index in [0.29, 0.717) is 5.92 Å². The lowest BCUT2D eigenvalue weighted by Crippen LogP contribution is -1.91. The zero-order valence-electron chi connectivity index (χ0n) is 8.23. The molecule has 0 aliphatic carbocycles. The molecule has 0 saturated heterocycles.